The van der Waals surface area contributed by atoms with Crippen molar-refractivity contribution < 1.29 is 0 Å². The summed E-state index contributed by atoms with van der Waals surface area (Å²) < 4.78 is 5.80. The lowest BCUT2D eigenvalue weighted by Crippen LogP contribution is -2.54. The molecule has 0 bridgehead atoms. The zero-order valence-corrected chi connectivity index (χ0v) is 14.4. The van der Waals surface area contributed by atoms with Crippen molar-refractivity contribution in [1.82, 2.24) is 0 Å². The molecule has 0 atom stereocenters. The van der Waals surface area contributed by atoms with Crippen LogP contribution in [0.4, 0.5) is 11.4 Å². The third kappa shape index (κ3) is 1.64. The SMILES string of the molecule is CN1c2ccsc2B(c2ccccc2)c2sc3ccsc3c21. The summed E-state index contributed by atoms with van der Waals surface area (Å²) in [5.41, 5.74) is 4.17. The molecule has 0 fully saturated rings. The van der Waals surface area contributed by atoms with Gasteiger partial charge < -0.3 is 4.90 Å². The molecule has 0 amide bonds. The summed E-state index contributed by atoms with van der Waals surface area (Å²) in [6, 6.07) is 15.4. The minimum atomic E-state index is 0.381. The Balaban J connectivity index is 1.85. The summed E-state index contributed by atoms with van der Waals surface area (Å²) in [6.45, 7) is 0.381. The van der Waals surface area contributed by atoms with Gasteiger partial charge in [-0.1, -0.05) is 35.8 Å². The van der Waals surface area contributed by atoms with Crippen molar-refractivity contribution in [3.63, 3.8) is 0 Å². The van der Waals surface area contributed by atoms with E-state index in [1.165, 1.54) is 35.8 Å². The number of anilines is 2. The maximum atomic E-state index is 2.38. The summed E-state index contributed by atoms with van der Waals surface area (Å²) in [5, 5.41) is 4.43. The fourth-order valence-electron chi connectivity index (χ4n) is 3.34. The fourth-order valence-corrected chi connectivity index (χ4v) is 7.04. The van der Waals surface area contributed by atoms with Crippen LogP contribution in [0.2, 0.25) is 0 Å². The van der Waals surface area contributed by atoms with E-state index in [-0.39, 0.29) is 0 Å². The number of benzene rings is 1. The molecule has 0 saturated carbocycles. The second-order valence-electron chi connectivity index (χ2n) is 5.50. The van der Waals surface area contributed by atoms with Gasteiger partial charge in [-0.05, 0) is 22.9 Å². The van der Waals surface area contributed by atoms with E-state index < -0.39 is 0 Å². The van der Waals surface area contributed by atoms with Gasteiger partial charge >= 0.3 is 0 Å². The predicted molar refractivity (Wildman–Crippen MR) is 103 cm³/mol. The van der Waals surface area contributed by atoms with E-state index in [1.54, 1.807) is 0 Å². The first kappa shape index (κ1) is 12.9. The maximum Gasteiger partial charge on any atom is 0.272 e. The van der Waals surface area contributed by atoms with E-state index in [9.17, 15) is 0 Å². The first-order valence-electron chi connectivity index (χ1n) is 7.20. The highest BCUT2D eigenvalue weighted by Crippen LogP contribution is 2.40. The molecule has 0 aliphatic carbocycles. The van der Waals surface area contributed by atoms with Gasteiger partial charge in [-0.3, -0.25) is 0 Å². The van der Waals surface area contributed by atoms with Crippen molar-refractivity contribution in [1.29, 1.82) is 0 Å². The molecule has 0 radical (unpaired) electrons. The number of hydrogen-bond acceptors (Lipinski definition) is 4. The van der Waals surface area contributed by atoms with Gasteiger partial charge in [0, 0.05) is 27.0 Å². The largest absolute Gasteiger partial charge is 0.343 e. The second-order valence-corrected chi connectivity index (χ2v) is 8.45. The Hall–Kier alpha value is -1.56. The molecule has 0 N–H and O–H groups in total. The van der Waals surface area contributed by atoms with Crippen molar-refractivity contribution in [2.24, 2.45) is 0 Å². The topological polar surface area (TPSA) is 3.24 Å². The van der Waals surface area contributed by atoms with Crippen LogP contribution in [0.3, 0.4) is 0 Å². The Morgan fingerprint density at radius 3 is 2.59 bits per heavy atom. The van der Waals surface area contributed by atoms with Gasteiger partial charge in [0.2, 0.25) is 0 Å². The summed E-state index contributed by atoms with van der Waals surface area (Å²) in [4.78, 5) is 2.38. The average Bonchev–Trinajstić information content (AvgIpc) is 3.23. The molecule has 0 spiro atoms. The third-order valence-electron chi connectivity index (χ3n) is 4.32. The van der Waals surface area contributed by atoms with Gasteiger partial charge in [-0.15, -0.1) is 22.7 Å². The fraction of sp³-hybridized carbons (Fsp3) is 0.0588. The Morgan fingerprint density at radius 1 is 0.909 bits per heavy atom. The zero-order valence-electron chi connectivity index (χ0n) is 11.9. The summed E-state index contributed by atoms with van der Waals surface area (Å²) in [6.07, 6.45) is 0. The molecular weight excluding hydrogens is 325 g/mol. The number of hydrogen-bond donors (Lipinski definition) is 0. The lowest BCUT2D eigenvalue weighted by atomic mass is 9.41. The van der Waals surface area contributed by atoms with E-state index in [0.717, 1.165) is 0 Å². The highest BCUT2D eigenvalue weighted by atomic mass is 32.1. The van der Waals surface area contributed by atoms with Crippen LogP contribution in [0.1, 0.15) is 0 Å². The first-order chi connectivity index (χ1) is 10.8. The van der Waals surface area contributed by atoms with Crippen LogP contribution in [0.5, 0.6) is 0 Å². The predicted octanol–water partition coefficient (Wildman–Crippen LogP) is 3.62. The minimum absolute atomic E-state index is 0.381. The van der Waals surface area contributed by atoms with Crippen molar-refractivity contribution >= 4 is 76.5 Å². The van der Waals surface area contributed by atoms with Gasteiger partial charge in [0.25, 0.3) is 6.71 Å². The molecule has 3 aromatic heterocycles. The highest BCUT2D eigenvalue weighted by molar-refractivity contribution is 7.40. The van der Waals surface area contributed by atoms with Gasteiger partial charge in [-0.25, -0.2) is 0 Å². The normalized spacial score (nSPS) is 13.5. The smallest absolute Gasteiger partial charge is 0.272 e. The number of rotatable bonds is 1. The van der Waals surface area contributed by atoms with Crippen LogP contribution < -0.4 is 19.9 Å². The van der Waals surface area contributed by atoms with Gasteiger partial charge in [0.15, 0.2) is 0 Å². The Kier molecular flexibility index (Phi) is 2.77. The third-order valence-corrected chi connectivity index (χ3v) is 7.56. The standard InChI is InChI=1S/C17H12BNS3/c1-19-12-7-9-21-16(12)18(11-5-3-2-4-6-11)17-14(19)15-13(22-17)8-10-20-15/h2-10H,1H3. The minimum Gasteiger partial charge on any atom is -0.343 e. The van der Waals surface area contributed by atoms with Crippen molar-refractivity contribution in [3.8, 4) is 0 Å². The van der Waals surface area contributed by atoms with Crippen molar-refractivity contribution in [2.45, 2.75) is 0 Å². The summed E-state index contributed by atoms with van der Waals surface area (Å²) >= 11 is 5.69. The zero-order chi connectivity index (χ0) is 14.7. The van der Waals surface area contributed by atoms with E-state index in [0.29, 0.717) is 6.71 Å². The average molecular weight is 337 g/mol. The number of fused-ring (bicyclic) bond motifs is 4. The summed E-state index contributed by atoms with van der Waals surface area (Å²) in [5.74, 6) is 0. The van der Waals surface area contributed by atoms with Crippen LogP contribution in [0.25, 0.3) is 9.40 Å². The van der Waals surface area contributed by atoms with E-state index in [1.807, 2.05) is 34.0 Å². The van der Waals surface area contributed by atoms with Gasteiger partial charge in [0.05, 0.1) is 10.4 Å². The lowest BCUT2D eigenvalue weighted by Gasteiger charge is -2.29. The lowest BCUT2D eigenvalue weighted by molar-refractivity contribution is 1.25. The van der Waals surface area contributed by atoms with Crippen molar-refractivity contribution in [3.05, 3.63) is 53.2 Å². The molecule has 4 heterocycles. The molecule has 5 rings (SSSR count). The molecule has 5 heteroatoms. The molecule has 1 aromatic carbocycles. The van der Waals surface area contributed by atoms with Crippen LogP contribution in [-0.2, 0) is 0 Å². The molecule has 22 heavy (non-hydrogen) atoms. The van der Waals surface area contributed by atoms with E-state index in [2.05, 4.69) is 65.2 Å². The molecule has 4 aromatic rings. The quantitative estimate of drug-likeness (QED) is 0.480. The monoisotopic (exact) mass is 337 g/mol. The van der Waals surface area contributed by atoms with Crippen molar-refractivity contribution in [2.75, 3.05) is 11.9 Å². The Labute approximate surface area is 141 Å². The van der Waals surface area contributed by atoms with Gasteiger partial charge in [0.1, 0.15) is 0 Å². The molecule has 0 saturated heterocycles. The summed E-state index contributed by atoms with van der Waals surface area (Å²) in [7, 11) is 2.21. The molecule has 1 aliphatic rings. The number of thiophene rings is 3. The van der Waals surface area contributed by atoms with Crippen LogP contribution in [-0.4, -0.2) is 13.8 Å². The molecule has 106 valence electrons. The Bertz CT molecular complexity index is 966. The molecule has 0 unspecified atom stereocenters. The Morgan fingerprint density at radius 2 is 1.73 bits per heavy atom. The maximum absolute atomic E-state index is 2.38. The molecular formula is C17H12BNS3. The van der Waals surface area contributed by atoms with Crippen LogP contribution in [0.15, 0.2) is 53.2 Å². The molecule has 1 nitrogen and oxygen atoms in total. The van der Waals surface area contributed by atoms with Gasteiger partial charge in [-0.2, -0.15) is 11.3 Å². The van der Waals surface area contributed by atoms with E-state index >= 15 is 0 Å². The van der Waals surface area contributed by atoms with E-state index in [4.69, 9.17) is 0 Å². The second kappa shape index (κ2) is 4.72. The first-order valence-corrected chi connectivity index (χ1v) is 9.78. The number of nitrogens with zero attached hydrogens (tertiary/aromatic N) is 1. The molecule has 1 aliphatic heterocycles. The van der Waals surface area contributed by atoms with Crippen LogP contribution in [0, 0.1) is 0 Å². The highest BCUT2D eigenvalue weighted by Gasteiger charge is 2.37. The van der Waals surface area contributed by atoms with Crippen LogP contribution >= 0.6 is 34.0 Å².